The Morgan fingerprint density at radius 3 is 2.43 bits per heavy atom. The zero-order valence-corrected chi connectivity index (χ0v) is 23.6. The second kappa shape index (κ2) is 8.77. The maximum absolute atomic E-state index is 6.02. The maximum Gasteiger partial charge on any atom is 0.254 e. The molecule has 4 aromatic carbocycles. The van der Waals surface area contributed by atoms with Crippen molar-refractivity contribution in [3.8, 4) is 11.5 Å². The second-order valence-corrected chi connectivity index (χ2v) is 11.7. The fourth-order valence-electron chi connectivity index (χ4n) is 7.92. The fourth-order valence-corrected chi connectivity index (χ4v) is 7.92. The van der Waals surface area contributed by atoms with Crippen LogP contribution in [0.3, 0.4) is 0 Å². The Labute approximate surface area is 245 Å². The smallest absolute Gasteiger partial charge is 0.254 e. The summed E-state index contributed by atoms with van der Waals surface area (Å²) >= 11 is 0. The van der Waals surface area contributed by atoms with E-state index in [0.717, 1.165) is 35.7 Å². The molecular formula is C36H30BN5. The number of fused-ring (bicyclic) bond motifs is 8. The molecule has 0 saturated heterocycles. The zero-order valence-electron chi connectivity index (χ0n) is 23.6. The molecule has 0 amide bonds. The third-order valence-corrected chi connectivity index (χ3v) is 9.54. The molecule has 1 aliphatic carbocycles. The zero-order chi connectivity index (χ0) is 27.9. The Morgan fingerprint density at radius 1 is 0.786 bits per heavy atom. The number of hydrogen-bond acceptors (Lipinski definition) is 2. The number of aliphatic imine (C=N–C) groups is 1. The van der Waals surface area contributed by atoms with Crippen LogP contribution >= 0.6 is 0 Å². The third kappa shape index (κ3) is 2.96. The van der Waals surface area contributed by atoms with Crippen LogP contribution in [0, 0.1) is 6.92 Å². The predicted molar refractivity (Wildman–Crippen MR) is 177 cm³/mol. The van der Waals surface area contributed by atoms with Gasteiger partial charge in [-0.15, -0.1) is 0 Å². The van der Waals surface area contributed by atoms with E-state index in [4.69, 9.17) is 10.7 Å². The summed E-state index contributed by atoms with van der Waals surface area (Å²) in [6, 6.07) is 33.2. The van der Waals surface area contributed by atoms with Crippen LogP contribution in [0.4, 0.5) is 17.2 Å². The van der Waals surface area contributed by atoms with Gasteiger partial charge in [-0.3, -0.25) is 9.13 Å². The summed E-state index contributed by atoms with van der Waals surface area (Å²) in [6.07, 6.45) is 8.63. The van der Waals surface area contributed by atoms with E-state index in [-0.39, 0.29) is 6.71 Å². The summed E-state index contributed by atoms with van der Waals surface area (Å²) < 4.78 is 4.82. The van der Waals surface area contributed by atoms with Crippen molar-refractivity contribution in [3.05, 3.63) is 108 Å². The van der Waals surface area contributed by atoms with E-state index in [1.54, 1.807) is 0 Å². The molecule has 4 heterocycles. The molecule has 6 heteroatoms. The number of anilines is 2. The molecule has 3 aliphatic rings. The van der Waals surface area contributed by atoms with Gasteiger partial charge in [-0.25, -0.2) is 4.99 Å². The van der Waals surface area contributed by atoms with E-state index in [0.29, 0.717) is 0 Å². The Balaban J connectivity index is 1.51. The molecule has 0 radical (unpaired) electrons. The first-order valence-corrected chi connectivity index (χ1v) is 15.0. The second-order valence-electron chi connectivity index (χ2n) is 11.7. The molecule has 9 rings (SSSR count). The number of aromatic nitrogens is 2. The lowest BCUT2D eigenvalue weighted by molar-refractivity contribution is 0.691. The molecule has 0 spiro atoms. The highest BCUT2D eigenvalue weighted by atomic mass is 15.2. The van der Waals surface area contributed by atoms with Crippen molar-refractivity contribution in [1.29, 1.82) is 0 Å². The first-order chi connectivity index (χ1) is 20.8. The minimum atomic E-state index is 0.0730. The number of hydrogen-bond donors (Lipinski definition) is 1. The molecule has 2 aromatic heterocycles. The molecule has 0 bridgehead atoms. The molecule has 202 valence electrons. The van der Waals surface area contributed by atoms with Gasteiger partial charge in [-0.2, -0.15) is 0 Å². The minimum Gasteiger partial charge on any atom is -0.390 e. The van der Waals surface area contributed by atoms with Crippen LogP contribution in [0.15, 0.2) is 108 Å². The van der Waals surface area contributed by atoms with E-state index in [9.17, 15) is 0 Å². The summed E-state index contributed by atoms with van der Waals surface area (Å²) in [5.74, 6) is 2.03. The highest BCUT2D eigenvalue weighted by Gasteiger charge is 2.45. The molecular weight excluding hydrogens is 513 g/mol. The van der Waals surface area contributed by atoms with Gasteiger partial charge >= 0.3 is 0 Å². The molecule has 0 saturated carbocycles. The number of nitrogens with zero attached hydrogens (tertiary/aromatic N) is 4. The van der Waals surface area contributed by atoms with E-state index >= 15 is 0 Å². The first kappa shape index (κ1) is 23.7. The van der Waals surface area contributed by atoms with Crippen LogP contribution in [0.25, 0.3) is 33.3 Å². The normalized spacial score (nSPS) is 15.4. The minimum absolute atomic E-state index is 0.0730. The lowest BCUT2D eigenvalue weighted by Crippen LogP contribution is -2.61. The summed E-state index contributed by atoms with van der Waals surface area (Å²) in [5, 5.41) is 2.56. The molecule has 2 aliphatic heterocycles. The average Bonchev–Trinajstić information content (AvgIpc) is 3.53. The lowest BCUT2D eigenvalue weighted by atomic mass is 9.33. The van der Waals surface area contributed by atoms with E-state index < -0.39 is 0 Å². The van der Waals surface area contributed by atoms with Gasteiger partial charge in [-0.05, 0) is 84.9 Å². The first-order valence-electron chi connectivity index (χ1n) is 15.0. The van der Waals surface area contributed by atoms with Gasteiger partial charge < -0.3 is 10.6 Å². The molecule has 0 atom stereocenters. The highest BCUT2D eigenvalue weighted by Crippen LogP contribution is 2.44. The van der Waals surface area contributed by atoms with Crippen molar-refractivity contribution in [2.24, 2.45) is 10.7 Å². The molecule has 42 heavy (non-hydrogen) atoms. The maximum atomic E-state index is 6.02. The van der Waals surface area contributed by atoms with E-state index in [1.807, 2.05) is 0 Å². The Bertz CT molecular complexity index is 2130. The summed E-state index contributed by atoms with van der Waals surface area (Å²) in [5.41, 5.74) is 18.8. The average molecular weight is 543 g/mol. The third-order valence-electron chi connectivity index (χ3n) is 9.54. The quantitative estimate of drug-likeness (QED) is 0.163. The topological polar surface area (TPSA) is 51.5 Å². The van der Waals surface area contributed by atoms with Crippen LogP contribution in [0.1, 0.15) is 31.2 Å². The highest BCUT2D eigenvalue weighted by molar-refractivity contribution is 7.00. The van der Waals surface area contributed by atoms with Crippen molar-refractivity contribution < 1.29 is 0 Å². The molecule has 6 aromatic rings. The van der Waals surface area contributed by atoms with Gasteiger partial charge in [0.1, 0.15) is 11.6 Å². The molecule has 0 fully saturated rings. The largest absolute Gasteiger partial charge is 0.390 e. The van der Waals surface area contributed by atoms with Crippen LogP contribution in [0.2, 0.25) is 0 Å². The Hall–Kier alpha value is -4.97. The van der Waals surface area contributed by atoms with Gasteiger partial charge in [0.15, 0.2) is 0 Å². The van der Waals surface area contributed by atoms with Gasteiger partial charge in [0.25, 0.3) is 6.71 Å². The number of rotatable bonds is 3. The summed E-state index contributed by atoms with van der Waals surface area (Å²) in [4.78, 5) is 7.38. The van der Waals surface area contributed by atoms with Crippen LogP contribution in [-0.2, 0) is 0 Å². The van der Waals surface area contributed by atoms with E-state index in [2.05, 4.69) is 118 Å². The molecule has 5 nitrogen and oxygen atoms in total. The number of para-hydroxylation sites is 3. The monoisotopic (exact) mass is 543 g/mol. The van der Waals surface area contributed by atoms with Gasteiger partial charge in [-0.1, -0.05) is 66.7 Å². The summed E-state index contributed by atoms with van der Waals surface area (Å²) in [7, 11) is 0. The van der Waals surface area contributed by atoms with Gasteiger partial charge in [0, 0.05) is 33.5 Å². The van der Waals surface area contributed by atoms with Crippen molar-refractivity contribution in [2.75, 3.05) is 4.90 Å². The Morgan fingerprint density at radius 2 is 1.60 bits per heavy atom. The van der Waals surface area contributed by atoms with E-state index in [1.165, 1.54) is 74.4 Å². The number of benzene rings is 4. The molecule has 2 N–H and O–H groups in total. The van der Waals surface area contributed by atoms with Gasteiger partial charge in [0.2, 0.25) is 0 Å². The predicted octanol–water partition coefficient (Wildman–Crippen LogP) is 6.24. The SMILES string of the molecule is Cc1c2c(n(-c3ccccc3)c1N=CN)-n1c3ccccc3c3ccc4c(c31)B2c1ccccc1N4C1=CCCCC1. The molecule has 0 unspecified atom stereocenters. The van der Waals surface area contributed by atoms with Crippen molar-refractivity contribution in [3.63, 3.8) is 0 Å². The van der Waals surface area contributed by atoms with Crippen LogP contribution < -0.4 is 27.0 Å². The number of nitrogens with two attached hydrogens (primary N) is 1. The fraction of sp³-hybridized carbons (Fsp3) is 0.139. The van der Waals surface area contributed by atoms with Crippen LogP contribution in [-0.4, -0.2) is 22.2 Å². The van der Waals surface area contributed by atoms with Gasteiger partial charge in [0.05, 0.1) is 17.4 Å². The van der Waals surface area contributed by atoms with Crippen molar-refractivity contribution in [1.82, 2.24) is 9.13 Å². The lowest BCUT2D eigenvalue weighted by Gasteiger charge is -2.41. The summed E-state index contributed by atoms with van der Waals surface area (Å²) in [6.45, 7) is 2.29. The number of allylic oxidation sites excluding steroid dienone is 2. The Kier molecular flexibility index (Phi) is 4.95. The van der Waals surface area contributed by atoms with Crippen LogP contribution in [0.5, 0.6) is 0 Å². The van der Waals surface area contributed by atoms with Crippen molar-refractivity contribution in [2.45, 2.75) is 32.6 Å². The van der Waals surface area contributed by atoms with Crippen molar-refractivity contribution >= 4 is 68.4 Å². The standard InChI is InChI=1S/C36H30BN5/c1-23-32-36(41(35(23)39-22-38)25-14-6-3-7-15-25)42-29-18-10-8-16-26(29)27-20-21-31-33(34(27)42)37(32)28-17-9-11-19-30(28)40(31)24-12-4-2-5-13-24/h3,6-12,14-22H,2,4-5,13H2,1H3,(H2,38,39).